The SMILES string of the molecule is COC[C@](ON)(C(=O)O)c1ccccc1. The maximum atomic E-state index is 11.2. The summed E-state index contributed by atoms with van der Waals surface area (Å²) in [5.41, 5.74) is -1.20. The second kappa shape index (κ2) is 4.88. The molecule has 1 aromatic carbocycles. The van der Waals surface area contributed by atoms with Crippen LogP contribution in [0.15, 0.2) is 30.3 Å². The largest absolute Gasteiger partial charge is 0.479 e. The van der Waals surface area contributed by atoms with Crippen molar-refractivity contribution in [3.05, 3.63) is 35.9 Å². The van der Waals surface area contributed by atoms with Crippen molar-refractivity contribution in [2.24, 2.45) is 5.90 Å². The van der Waals surface area contributed by atoms with Crippen molar-refractivity contribution in [1.82, 2.24) is 0 Å². The fourth-order valence-corrected chi connectivity index (χ4v) is 1.33. The van der Waals surface area contributed by atoms with Gasteiger partial charge in [0, 0.05) is 7.11 Å². The van der Waals surface area contributed by atoms with Gasteiger partial charge in [-0.05, 0) is 5.56 Å². The standard InChI is InChI=1S/C10H13NO4/c1-14-7-10(15-11,9(12)13)8-5-3-2-4-6-8/h2-6H,7,11H2,1H3,(H,12,13)/t10-/m1/s1. The molecule has 0 unspecified atom stereocenters. The summed E-state index contributed by atoms with van der Waals surface area (Å²) >= 11 is 0. The first-order valence-corrected chi connectivity index (χ1v) is 4.33. The molecule has 0 bridgehead atoms. The van der Waals surface area contributed by atoms with Crippen LogP contribution >= 0.6 is 0 Å². The maximum absolute atomic E-state index is 11.2. The third kappa shape index (κ3) is 2.15. The van der Waals surface area contributed by atoms with Crippen molar-refractivity contribution < 1.29 is 19.5 Å². The van der Waals surface area contributed by atoms with Gasteiger partial charge in [0.25, 0.3) is 0 Å². The zero-order valence-corrected chi connectivity index (χ0v) is 8.34. The second-order valence-corrected chi connectivity index (χ2v) is 3.05. The predicted molar refractivity (Wildman–Crippen MR) is 52.9 cm³/mol. The van der Waals surface area contributed by atoms with Crippen molar-refractivity contribution >= 4 is 5.97 Å². The lowest BCUT2D eigenvalue weighted by Crippen LogP contribution is -2.44. The Labute approximate surface area is 87.4 Å². The number of carboxylic acids is 1. The molecule has 0 radical (unpaired) electrons. The van der Waals surface area contributed by atoms with E-state index in [1.54, 1.807) is 30.3 Å². The first-order chi connectivity index (χ1) is 7.17. The third-order valence-corrected chi connectivity index (χ3v) is 2.13. The van der Waals surface area contributed by atoms with Gasteiger partial charge in [0.05, 0.1) is 6.61 Å². The quantitative estimate of drug-likeness (QED) is 0.693. The van der Waals surface area contributed by atoms with Crippen LogP contribution in [0, 0.1) is 0 Å². The van der Waals surface area contributed by atoms with E-state index in [-0.39, 0.29) is 6.61 Å². The molecule has 1 aromatic rings. The molecule has 0 aliphatic heterocycles. The number of carbonyl (C=O) groups is 1. The predicted octanol–water partition coefficient (Wildman–Crippen LogP) is 0.503. The Kier molecular flexibility index (Phi) is 3.79. The number of aliphatic carboxylic acids is 1. The molecule has 1 rings (SSSR count). The Morgan fingerprint density at radius 3 is 2.47 bits per heavy atom. The molecular formula is C10H13NO4. The molecular weight excluding hydrogens is 198 g/mol. The highest BCUT2D eigenvalue weighted by molar-refractivity contribution is 5.79. The highest BCUT2D eigenvalue weighted by Gasteiger charge is 2.42. The van der Waals surface area contributed by atoms with Crippen molar-refractivity contribution in [3.63, 3.8) is 0 Å². The van der Waals surface area contributed by atoms with E-state index in [1.165, 1.54) is 7.11 Å². The van der Waals surface area contributed by atoms with E-state index in [0.717, 1.165) is 0 Å². The zero-order valence-electron chi connectivity index (χ0n) is 8.34. The van der Waals surface area contributed by atoms with Crippen LogP contribution in [0.25, 0.3) is 0 Å². The van der Waals surface area contributed by atoms with Crippen molar-refractivity contribution in [1.29, 1.82) is 0 Å². The number of nitrogens with two attached hydrogens (primary N) is 1. The first kappa shape index (κ1) is 11.6. The van der Waals surface area contributed by atoms with Crippen LogP contribution in [-0.2, 0) is 20.0 Å². The van der Waals surface area contributed by atoms with Gasteiger partial charge >= 0.3 is 5.97 Å². The normalized spacial score (nSPS) is 14.5. The van der Waals surface area contributed by atoms with E-state index in [9.17, 15) is 4.79 Å². The fraction of sp³-hybridized carbons (Fsp3) is 0.300. The molecule has 3 N–H and O–H groups in total. The number of rotatable bonds is 5. The summed E-state index contributed by atoms with van der Waals surface area (Å²) in [6.45, 7) is -0.150. The number of ether oxygens (including phenoxy) is 1. The molecule has 0 fully saturated rings. The molecule has 0 heterocycles. The van der Waals surface area contributed by atoms with Crippen LogP contribution in [0.3, 0.4) is 0 Å². The van der Waals surface area contributed by atoms with Crippen molar-refractivity contribution in [3.8, 4) is 0 Å². The molecule has 5 nitrogen and oxygen atoms in total. The first-order valence-electron chi connectivity index (χ1n) is 4.33. The number of hydrogen-bond donors (Lipinski definition) is 2. The Hall–Kier alpha value is -1.43. The van der Waals surface area contributed by atoms with Gasteiger partial charge in [-0.25, -0.2) is 10.7 Å². The van der Waals surface area contributed by atoms with E-state index in [2.05, 4.69) is 4.84 Å². The van der Waals surface area contributed by atoms with Crippen LogP contribution in [-0.4, -0.2) is 24.8 Å². The monoisotopic (exact) mass is 211 g/mol. The molecule has 1 atom stereocenters. The van der Waals surface area contributed by atoms with Crippen LogP contribution in [0.5, 0.6) is 0 Å². The van der Waals surface area contributed by atoms with E-state index in [1.807, 2.05) is 0 Å². The van der Waals surface area contributed by atoms with Gasteiger partial charge in [-0.1, -0.05) is 30.3 Å². The number of carboxylic acid groups (broad SMARTS) is 1. The molecule has 0 saturated carbocycles. The molecule has 0 amide bonds. The summed E-state index contributed by atoms with van der Waals surface area (Å²) in [4.78, 5) is 15.8. The summed E-state index contributed by atoms with van der Waals surface area (Å²) < 4.78 is 4.83. The highest BCUT2D eigenvalue weighted by Crippen LogP contribution is 2.24. The lowest BCUT2D eigenvalue weighted by molar-refractivity contribution is -0.177. The lowest BCUT2D eigenvalue weighted by Gasteiger charge is -2.26. The molecule has 0 aromatic heterocycles. The number of hydrogen-bond acceptors (Lipinski definition) is 4. The Bertz CT molecular complexity index is 327. The molecule has 0 spiro atoms. The summed E-state index contributed by atoms with van der Waals surface area (Å²) in [7, 11) is 1.39. The summed E-state index contributed by atoms with van der Waals surface area (Å²) in [6, 6.07) is 8.45. The molecule has 82 valence electrons. The summed E-state index contributed by atoms with van der Waals surface area (Å²) in [5.74, 6) is 3.88. The number of benzene rings is 1. The Morgan fingerprint density at radius 1 is 1.47 bits per heavy atom. The minimum Gasteiger partial charge on any atom is -0.479 e. The summed E-state index contributed by atoms with van der Waals surface area (Å²) in [6.07, 6.45) is 0. The van der Waals surface area contributed by atoms with E-state index < -0.39 is 11.6 Å². The van der Waals surface area contributed by atoms with Gasteiger partial charge in [-0.15, -0.1) is 0 Å². The molecule has 0 aliphatic rings. The van der Waals surface area contributed by atoms with E-state index >= 15 is 0 Å². The van der Waals surface area contributed by atoms with Crippen LogP contribution in [0.1, 0.15) is 5.56 Å². The zero-order chi connectivity index (χ0) is 11.3. The van der Waals surface area contributed by atoms with Crippen molar-refractivity contribution in [2.75, 3.05) is 13.7 Å². The Balaban J connectivity index is 3.15. The fourth-order valence-electron chi connectivity index (χ4n) is 1.33. The molecule has 5 heteroatoms. The van der Waals surface area contributed by atoms with E-state index in [4.69, 9.17) is 15.7 Å². The smallest absolute Gasteiger partial charge is 0.345 e. The maximum Gasteiger partial charge on any atom is 0.345 e. The van der Waals surface area contributed by atoms with Crippen LogP contribution < -0.4 is 5.90 Å². The van der Waals surface area contributed by atoms with Gasteiger partial charge < -0.3 is 9.84 Å². The highest BCUT2D eigenvalue weighted by atomic mass is 16.7. The molecule has 0 aliphatic carbocycles. The van der Waals surface area contributed by atoms with Gasteiger partial charge in [-0.2, -0.15) is 0 Å². The molecule has 0 saturated heterocycles. The lowest BCUT2D eigenvalue weighted by atomic mass is 9.95. The van der Waals surface area contributed by atoms with Crippen LogP contribution in [0.2, 0.25) is 0 Å². The van der Waals surface area contributed by atoms with E-state index in [0.29, 0.717) is 5.56 Å². The summed E-state index contributed by atoms with van der Waals surface area (Å²) in [5, 5.41) is 9.12. The number of methoxy groups -OCH3 is 1. The minimum atomic E-state index is -1.64. The van der Waals surface area contributed by atoms with Crippen molar-refractivity contribution in [2.45, 2.75) is 5.60 Å². The topological polar surface area (TPSA) is 81.8 Å². The van der Waals surface area contributed by atoms with Gasteiger partial charge in [0.15, 0.2) is 0 Å². The van der Waals surface area contributed by atoms with Gasteiger partial charge in [0.1, 0.15) is 0 Å². The third-order valence-electron chi connectivity index (χ3n) is 2.13. The average Bonchev–Trinajstić information content (AvgIpc) is 2.26. The average molecular weight is 211 g/mol. The molecule has 15 heavy (non-hydrogen) atoms. The second-order valence-electron chi connectivity index (χ2n) is 3.05. The van der Waals surface area contributed by atoms with Gasteiger partial charge in [-0.3, -0.25) is 4.84 Å². The Morgan fingerprint density at radius 2 is 2.07 bits per heavy atom. The minimum absolute atomic E-state index is 0.150. The van der Waals surface area contributed by atoms with Gasteiger partial charge in [0.2, 0.25) is 5.60 Å². The van der Waals surface area contributed by atoms with Crippen LogP contribution in [0.4, 0.5) is 0 Å².